The average molecular weight is 322 g/mol. The molecule has 7 heteroatoms. The molecule has 0 unspecified atom stereocenters. The summed E-state index contributed by atoms with van der Waals surface area (Å²) in [6.07, 6.45) is 0.618. The first kappa shape index (κ1) is 16.0. The fraction of sp³-hybridized carbons (Fsp3) is 0.267. The van der Waals surface area contributed by atoms with Crippen LogP contribution in [0.15, 0.2) is 46.0 Å². The second-order valence-electron chi connectivity index (χ2n) is 5.04. The maximum absolute atomic E-state index is 11.9. The Hall–Kier alpha value is -2.34. The molecular weight excluding hydrogens is 306 g/mol. The van der Waals surface area contributed by atoms with Crippen LogP contribution < -0.4 is 16.4 Å². The van der Waals surface area contributed by atoms with E-state index in [0.29, 0.717) is 11.4 Å². The van der Waals surface area contributed by atoms with Gasteiger partial charge in [0, 0.05) is 23.2 Å². The number of carbonyl (C=O) groups is 1. The molecule has 1 heterocycles. The van der Waals surface area contributed by atoms with E-state index in [2.05, 4.69) is 10.4 Å². The third-order valence-corrected chi connectivity index (χ3v) is 3.26. The normalized spacial score (nSPS) is 11.9. The number of nitrogens with one attached hydrogen (secondary N) is 2. The Morgan fingerprint density at radius 2 is 2.09 bits per heavy atom. The lowest BCUT2D eigenvalue weighted by Gasteiger charge is -2.14. The Balaban J connectivity index is 1.95. The molecule has 1 aromatic heterocycles. The lowest BCUT2D eigenvalue weighted by molar-refractivity contribution is -0.122. The summed E-state index contributed by atoms with van der Waals surface area (Å²) in [5.74, 6) is -0.349. The summed E-state index contributed by atoms with van der Waals surface area (Å²) >= 11 is 5.91. The van der Waals surface area contributed by atoms with Gasteiger partial charge in [-0.05, 0) is 31.0 Å². The summed E-state index contributed by atoms with van der Waals surface area (Å²) in [5, 5.41) is 5.73. The van der Waals surface area contributed by atoms with Crippen LogP contribution >= 0.6 is 11.6 Å². The molecule has 0 spiro atoms. The molecule has 116 valence electrons. The molecule has 0 radical (unpaired) electrons. The first-order valence-corrected chi connectivity index (χ1v) is 7.16. The molecule has 2 N–H and O–H groups in total. The Morgan fingerprint density at radius 3 is 2.82 bits per heavy atom. The Labute approximate surface area is 131 Å². The van der Waals surface area contributed by atoms with E-state index >= 15 is 0 Å². The number of benzene rings is 1. The minimum absolute atomic E-state index is 0.128. The average Bonchev–Trinajstić information content (AvgIpc) is 2.42. The zero-order valence-electron chi connectivity index (χ0n) is 12.0. The Morgan fingerprint density at radius 1 is 1.32 bits per heavy atom. The minimum atomic E-state index is -0.433. The van der Waals surface area contributed by atoms with Crippen molar-refractivity contribution in [3.05, 3.63) is 67.7 Å². The van der Waals surface area contributed by atoms with Crippen molar-refractivity contribution in [2.75, 3.05) is 0 Å². The zero-order chi connectivity index (χ0) is 16.1. The molecule has 0 bridgehead atoms. The van der Waals surface area contributed by atoms with Crippen molar-refractivity contribution in [2.45, 2.75) is 25.9 Å². The molecule has 1 aromatic carbocycles. The second-order valence-corrected chi connectivity index (χ2v) is 5.47. The van der Waals surface area contributed by atoms with Gasteiger partial charge in [-0.15, -0.1) is 0 Å². The summed E-state index contributed by atoms with van der Waals surface area (Å²) in [5.41, 5.74) is 0.141. The zero-order valence-corrected chi connectivity index (χ0v) is 12.8. The summed E-state index contributed by atoms with van der Waals surface area (Å²) in [6.45, 7) is 1.63. The maximum atomic E-state index is 11.9. The third kappa shape index (κ3) is 4.60. The SMILES string of the molecule is C[C@H](Cc1cccc(Cl)c1)NC(=O)Cn1[nH]c(=O)ccc1=O. The number of carbonyl (C=O) groups excluding carboxylic acids is 1. The standard InChI is InChI=1S/C15H16ClN3O3/c1-10(7-11-3-2-4-12(16)8-11)17-14(21)9-19-15(22)6-5-13(20)18-19/h2-6,8,10H,7,9H2,1H3,(H,17,21)(H,18,20)/t10-/m1/s1. The molecule has 0 aliphatic rings. The van der Waals surface area contributed by atoms with Crippen LogP contribution in [0.25, 0.3) is 0 Å². The molecule has 0 saturated carbocycles. The van der Waals surface area contributed by atoms with Gasteiger partial charge < -0.3 is 5.32 Å². The molecule has 0 saturated heterocycles. The number of hydrogen-bond donors (Lipinski definition) is 2. The number of aromatic nitrogens is 2. The number of aromatic amines is 1. The van der Waals surface area contributed by atoms with Gasteiger partial charge in [-0.3, -0.25) is 19.5 Å². The fourth-order valence-corrected chi connectivity index (χ4v) is 2.33. The molecular formula is C15H16ClN3O3. The molecule has 2 aromatic rings. The van der Waals surface area contributed by atoms with E-state index in [4.69, 9.17) is 11.6 Å². The van der Waals surface area contributed by atoms with Crippen LogP contribution in [0.1, 0.15) is 12.5 Å². The third-order valence-electron chi connectivity index (χ3n) is 3.03. The highest BCUT2D eigenvalue weighted by Gasteiger charge is 2.10. The molecule has 2 rings (SSSR count). The second kappa shape index (κ2) is 7.09. The predicted molar refractivity (Wildman–Crippen MR) is 84.1 cm³/mol. The monoisotopic (exact) mass is 321 g/mol. The van der Waals surface area contributed by atoms with Gasteiger partial charge in [-0.1, -0.05) is 23.7 Å². The largest absolute Gasteiger partial charge is 0.352 e. The summed E-state index contributed by atoms with van der Waals surface area (Å²) in [4.78, 5) is 34.6. The highest BCUT2D eigenvalue weighted by Crippen LogP contribution is 2.12. The van der Waals surface area contributed by atoms with Crippen molar-refractivity contribution >= 4 is 17.5 Å². The summed E-state index contributed by atoms with van der Waals surface area (Å²) in [7, 11) is 0. The topological polar surface area (TPSA) is 84.0 Å². The van der Waals surface area contributed by atoms with Crippen LogP contribution in [0.3, 0.4) is 0 Å². The van der Waals surface area contributed by atoms with Crippen molar-refractivity contribution in [3.8, 4) is 0 Å². The molecule has 1 atom stereocenters. The number of H-pyrrole nitrogens is 1. The molecule has 0 aliphatic carbocycles. The number of rotatable bonds is 5. The van der Waals surface area contributed by atoms with Gasteiger partial charge in [0.2, 0.25) is 5.91 Å². The van der Waals surface area contributed by atoms with E-state index in [1.807, 2.05) is 25.1 Å². The van der Waals surface area contributed by atoms with Gasteiger partial charge in [0.25, 0.3) is 11.1 Å². The van der Waals surface area contributed by atoms with Crippen molar-refractivity contribution in [2.24, 2.45) is 0 Å². The lowest BCUT2D eigenvalue weighted by atomic mass is 10.1. The van der Waals surface area contributed by atoms with E-state index < -0.39 is 11.1 Å². The number of amides is 1. The quantitative estimate of drug-likeness (QED) is 0.859. The van der Waals surface area contributed by atoms with Gasteiger partial charge in [0.05, 0.1) is 0 Å². The van der Waals surface area contributed by atoms with Crippen LogP contribution in [0.5, 0.6) is 0 Å². The van der Waals surface area contributed by atoms with E-state index in [1.165, 1.54) is 0 Å². The smallest absolute Gasteiger partial charge is 0.265 e. The Bertz CT molecular complexity index is 782. The number of nitrogens with zero attached hydrogens (tertiary/aromatic N) is 1. The van der Waals surface area contributed by atoms with Gasteiger partial charge in [0.1, 0.15) is 6.54 Å². The van der Waals surface area contributed by atoms with Gasteiger partial charge in [0.15, 0.2) is 0 Å². The van der Waals surface area contributed by atoms with E-state index in [9.17, 15) is 14.4 Å². The first-order chi connectivity index (χ1) is 10.4. The molecule has 1 amide bonds. The van der Waals surface area contributed by atoms with Crippen LogP contribution in [0, 0.1) is 0 Å². The van der Waals surface area contributed by atoms with Gasteiger partial charge >= 0.3 is 0 Å². The van der Waals surface area contributed by atoms with Crippen molar-refractivity contribution in [3.63, 3.8) is 0 Å². The van der Waals surface area contributed by atoms with Crippen molar-refractivity contribution in [1.82, 2.24) is 15.1 Å². The summed E-state index contributed by atoms with van der Waals surface area (Å²) in [6, 6.07) is 9.52. The van der Waals surface area contributed by atoms with Crippen LogP contribution in [-0.2, 0) is 17.8 Å². The molecule has 6 nitrogen and oxygen atoms in total. The van der Waals surface area contributed by atoms with Crippen LogP contribution in [0.2, 0.25) is 5.02 Å². The lowest BCUT2D eigenvalue weighted by Crippen LogP contribution is -2.40. The predicted octanol–water partition coefficient (Wildman–Crippen LogP) is 0.937. The number of halogens is 1. The fourth-order valence-electron chi connectivity index (χ4n) is 2.11. The van der Waals surface area contributed by atoms with Crippen molar-refractivity contribution < 1.29 is 4.79 Å². The highest BCUT2D eigenvalue weighted by molar-refractivity contribution is 6.30. The van der Waals surface area contributed by atoms with Crippen LogP contribution in [0.4, 0.5) is 0 Å². The van der Waals surface area contributed by atoms with Crippen LogP contribution in [-0.4, -0.2) is 21.7 Å². The Kier molecular flexibility index (Phi) is 5.16. The van der Waals surface area contributed by atoms with E-state index in [1.54, 1.807) is 6.07 Å². The molecule has 22 heavy (non-hydrogen) atoms. The molecule has 0 fully saturated rings. The minimum Gasteiger partial charge on any atom is -0.352 e. The first-order valence-electron chi connectivity index (χ1n) is 6.78. The maximum Gasteiger partial charge on any atom is 0.265 e. The van der Waals surface area contributed by atoms with Gasteiger partial charge in [-0.2, -0.15) is 0 Å². The van der Waals surface area contributed by atoms with Crippen molar-refractivity contribution in [1.29, 1.82) is 0 Å². The van der Waals surface area contributed by atoms with E-state index in [-0.39, 0.29) is 18.5 Å². The molecule has 0 aliphatic heterocycles. The summed E-state index contributed by atoms with van der Waals surface area (Å²) < 4.78 is 0.976. The number of hydrogen-bond acceptors (Lipinski definition) is 3. The van der Waals surface area contributed by atoms with E-state index in [0.717, 1.165) is 22.4 Å². The van der Waals surface area contributed by atoms with Gasteiger partial charge in [-0.25, -0.2) is 4.68 Å². The highest BCUT2D eigenvalue weighted by atomic mass is 35.5.